The first-order valence-corrected chi connectivity index (χ1v) is 8.16. The fourth-order valence-electron chi connectivity index (χ4n) is 2.59. The molecule has 2 unspecified atom stereocenters. The Hall–Kier alpha value is -0.380. The molecule has 0 radical (unpaired) electrons. The molecule has 5 nitrogen and oxygen atoms in total. The summed E-state index contributed by atoms with van der Waals surface area (Å²) in [5.41, 5.74) is 0. The highest BCUT2D eigenvalue weighted by atomic mass is 32.2. The molecule has 2 saturated heterocycles. The molecule has 2 aliphatic rings. The molecule has 0 aromatic heterocycles. The second-order valence-corrected chi connectivity index (χ2v) is 7.43. The maximum Gasteiger partial charge on any atom is 0.401 e. The summed E-state index contributed by atoms with van der Waals surface area (Å²) < 4.78 is 68.1. The van der Waals surface area contributed by atoms with Gasteiger partial charge in [-0.2, -0.15) is 13.2 Å². The van der Waals surface area contributed by atoms with Crippen LogP contribution in [0.4, 0.5) is 13.2 Å². The Bertz CT molecular complexity index is 421. The molecule has 0 amide bonds. The molecule has 2 heterocycles. The first-order valence-electron chi connectivity index (χ1n) is 6.61. The number of halogens is 3. The molecule has 2 atom stereocenters. The van der Waals surface area contributed by atoms with E-state index in [1.807, 2.05) is 0 Å². The van der Waals surface area contributed by atoms with Crippen molar-refractivity contribution in [2.45, 2.75) is 24.3 Å². The molecular weight excluding hydrogens is 297 g/mol. The van der Waals surface area contributed by atoms with Crippen LogP contribution in [0.2, 0.25) is 0 Å². The van der Waals surface area contributed by atoms with Crippen molar-refractivity contribution in [1.29, 1.82) is 0 Å². The van der Waals surface area contributed by atoms with Crippen LogP contribution in [0, 0.1) is 5.92 Å². The van der Waals surface area contributed by atoms with Gasteiger partial charge in [-0.15, -0.1) is 0 Å². The molecule has 0 bridgehead atoms. The lowest BCUT2D eigenvalue weighted by molar-refractivity contribution is -0.143. The minimum absolute atomic E-state index is 0.0607. The van der Waals surface area contributed by atoms with E-state index in [-0.39, 0.29) is 25.6 Å². The fraction of sp³-hybridized carbons (Fsp3) is 1.00. The Morgan fingerprint density at radius 2 is 2.05 bits per heavy atom. The van der Waals surface area contributed by atoms with Crippen molar-refractivity contribution in [1.82, 2.24) is 9.62 Å². The van der Waals surface area contributed by atoms with Gasteiger partial charge < -0.3 is 4.74 Å². The maximum absolute atomic E-state index is 12.2. The van der Waals surface area contributed by atoms with Crippen LogP contribution in [0.3, 0.4) is 0 Å². The molecular formula is C11H19F3N2O3S. The van der Waals surface area contributed by atoms with Crippen LogP contribution in [0.15, 0.2) is 0 Å². The smallest absolute Gasteiger partial charge is 0.380 e. The third-order valence-electron chi connectivity index (χ3n) is 3.67. The van der Waals surface area contributed by atoms with Gasteiger partial charge in [-0.05, 0) is 25.3 Å². The third-order valence-corrected chi connectivity index (χ3v) is 5.49. The average Bonchev–Trinajstić information content (AvgIpc) is 2.94. The van der Waals surface area contributed by atoms with E-state index >= 15 is 0 Å². The number of hydrogen-bond acceptors (Lipinski definition) is 4. The number of likely N-dealkylation sites (tertiary alicyclic amines) is 1. The standard InChI is InChI=1S/C11H19F3N2O3S/c12-11(13,14)8-16-3-1-9(6-16)5-15-20(17,18)10-2-4-19-7-10/h9-10,15H,1-8H2. The van der Waals surface area contributed by atoms with Crippen molar-refractivity contribution in [2.24, 2.45) is 5.92 Å². The summed E-state index contributed by atoms with van der Waals surface area (Å²) in [6.45, 7) is 0.552. The van der Waals surface area contributed by atoms with Gasteiger partial charge in [-0.1, -0.05) is 0 Å². The molecule has 0 aliphatic carbocycles. The van der Waals surface area contributed by atoms with Crippen LogP contribution >= 0.6 is 0 Å². The highest BCUT2D eigenvalue weighted by Gasteiger charge is 2.35. The van der Waals surface area contributed by atoms with Gasteiger partial charge in [0.1, 0.15) is 5.25 Å². The highest BCUT2D eigenvalue weighted by molar-refractivity contribution is 7.90. The van der Waals surface area contributed by atoms with E-state index in [0.29, 0.717) is 26.0 Å². The summed E-state index contributed by atoms with van der Waals surface area (Å²) in [4.78, 5) is 1.32. The Morgan fingerprint density at radius 3 is 2.65 bits per heavy atom. The second-order valence-electron chi connectivity index (χ2n) is 5.38. The Kier molecular flexibility index (Phi) is 4.93. The Morgan fingerprint density at radius 1 is 1.30 bits per heavy atom. The number of hydrogen-bond donors (Lipinski definition) is 1. The van der Waals surface area contributed by atoms with Gasteiger partial charge in [0.15, 0.2) is 0 Å². The molecule has 2 aliphatic heterocycles. The van der Waals surface area contributed by atoms with Crippen LogP contribution in [0.25, 0.3) is 0 Å². The summed E-state index contributed by atoms with van der Waals surface area (Å²) in [5.74, 6) is -0.0607. The van der Waals surface area contributed by atoms with Crippen molar-refractivity contribution < 1.29 is 26.3 Å². The maximum atomic E-state index is 12.2. The summed E-state index contributed by atoms with van der Waals surface area (Å²) in [7, 11) is -3.42. The summed E-state index contributed by atoms with van der Waals surface area (Å²) >= 11 is 0. The van der Waals surface area contributed by atoms with Crippen molar-refractivity contribution in [3.05, 3.63) is 0 Å². The zero-order valence-electron chi connectivity index (χ0n) is 11.0. The molecule has 2 fully saturated rings. The fourth-order valence-corrected chi connectivity index (χ4v) is 3.97. The first-order chi connectivity index (χ1) is 9.26. The number of sulfonamides is 1. The van der Waals surface area contributed by atoms with Gasteiger partial charge in [0.2, 0.25) is 10.0 Å². The number of rotatable bonds is 5. The molecule has 0 spiro atoms. The van der Waals surface area contributed by atoms with Crippen molar-refractivity contribution in [3.63, 3.8) is 0 Å². The monoisotopic (exact) mass is 316 g/mol. The van der Waals surface area contributed by atoms with E-state index in [1.165, 1.54) is 4.90 Å². The van der Waals surface area contributed by atoms with Crippen LogP contribution in [-0.4, -0.2) is 64.1 Å². The van der Waals surface area contributed by atoms with Crippen LogP contribution in [0.1, 0.15) is 12.8 Å². The Labute approximate surface area is 116 Å². The average molecular weight is 316 g/mol. The number of ether oxygens (including phenoxy) is 1. The third kappa shape index (κ3) is 4.57. The topological polar surface area (TPSA) is 58.6 Å². The molecule has 0 aromatic rings. The van der Waals surface area contributed by atoms with Crippen molar-refractivity contribution >= 4 is 10.0 Å². The quantitative estimate of drug-likeness (QED) is 0.806. The molecule has 0 aromatic carbocycles. The van der Waals surface area contributed by atoms with Crippen LogP contribution in [-0.2, 0) is 14.8 Å². The van der Waals surface area contributed by atoms with Gasteiger partial charge in [-0.3, -0.25) is 4.90 Å². The van der Waals surface area contributed by atoms with E-state index in [2.05, 4.69) is 4.72 Å². The van der Waals surface area contributed by atoms with E-state index < -0.39 is 28.0 Å². The highest BCUT2D eigenvalue weighted by Crippen LogP contribution is 2.22. The molecule has 1 N–H and O–H groups in total. The lowest BCUT2D eigenvalue weighted by Gasteiger charge is -2.18. The van der Waals surface area contributed by atoms with Gasteiger partial charge in [-0.25, -0.2) is 13.1 Å². The van der Waals surface area contributed by atoms with Gasteiger partial charge in [0.05, 0.1) is 13.2 Å². The predicted octanol–water partition coefficient (Wildman–Crippen LogP) is 0.579. The normalized spacial score (nSPS) is 29.1. The number of nitrogens with zero attached hydrogens (tertiary/aromatic N) is 1. The number of nitrogens with one attached hydrogen (secondary N) is 1. The van der Waals surface area contributed by atoms with Crippen molar-refractivity contribution in [3.8, 4) is 0 Å². The molecule has 2 rings (SSSR count). The predicted molar refractivity (Wildman–Crippen MR) is 66.7 cm³/mol. The second kappa shape index (κ2) is 6.17. The summed E-state index contributed by atoms with van der Waals surface area (Å²) in [5, 5.41) is -0.532. The minimum Gasteiger partial charge on any atom is -0.380 e. The van der Waals surface area contributed by atoms with E-state index in [9.17, 15) is 21.6 Å². The van der Waals surface area contributed by atoms with E-state index in [1.54, 1.807) is 0 Å². The lowest BCUT2D eigenvalue weighted by Crippen LogP contribution is -2.38. The summed E-state index contributed by atoms with van der Waals surface area (Å²) in [6.07, 6.45) is -3.14. The zero-order chi connectivity index (χ0) is 14.8. The number of alkyl halides is 3. The first kappa shape index (κ1) is 16.0. The zero-order valence-corrected chi connectivity index (χ0v) is 11.8. The Balaban J connectivity index is 1.75. The van der Waals surface area contributed by atoms with Gasteiger partial charge in [0, 0.05) is 19.7 Å². The lowest BCUT2D eigenvalue weighted by atomic mass is 10.1. The van der Waals surface area contributed by atoms with Gasteiger partial charge in [0.25, 0.3) is 0 Å². The molecule has 20 heavy (non-hydrogen) atoms. The van der Waals surface area contributed by atoms with E-state index in [0.717, 1.165) is 0 Å². The SMILES string of the molecule is O=S(=O)(NCC1CCN(CC(F)(F)F)C1)C1CCOC1. The largest absolute Gasteiger partial charge is 0.401 e. The minimum atomic E-state index is -4.20. The molecule has 118 valence electrons. The van der Waals surface area contributed by atoms with Gasteiger partial charge >= 0.3 is 6.18 Å². The molecule has 9 heteroatoms. The molecule has 0 saturated carbocycles. The summed E-state index contributed by atoms with van der Waals surface area (Å²) in [6, 6.07) is 0. The van der Waals surface area contributed by atoms with Crippen LogP contribution in [0.5, 0.6) is 0 Å². The van der Waals surface area contributed by atoms with Crippen molar-refractivity contribution in [2.75, 3.05) is 39.4 Å². The van der Waals surface area contributed by atoms with E-state index in [4.69, 9.17) is 4.74 Å². The van der Waals surface area contributed by atoms with Crippen LogP contribution < -0.4 is 4.72 Å².